The van der Waals surface area contributed by atoms with E-state index in [-0.39, 0.29) is 11.6 Å². The summed E-state index contributed by atoms with van der Waals surface area (Å²) >= 11 is 0. The summed E-state index contributed by atoms with van der Waals surface area (Å²) in [5.74, 6) is 1.28. The summed E-state index contributed by atoms with van der Waals surface area (Å²) in [6.45, 7) is 1.46. The van der Waals surface area contributed by atoms with Gasteiger partial charge in [0.2, 0.25) is 5.91 Å². The van der Waals surface area contributed by atoms with E-state index in [1.165, 1.54) is 24.7 Å². The third kappa shape index (κ3) is 4.56. The van der Waals surface area contributed by atoms with Crippen LogP contribution in [-0.4, -0.2) is 43.6 Å². The summed E-state index contributed by atoms with van der Waals surface area (Å²) in [5.41, 5.74) is 7.52. The van der Waals surface area contributed by atoms with Gasteiger partial charge in [0.05, 0.1) is 18.4 Å². The molecule has 0 radical (unpaired) electrons. The topological polar surface area (TPSA) is 112 Å². The molecule has 2 aliphatic rings. The first kappa shape index (κ1) is 19.8. The van der Waals surface area contributed by atoms with Gasteiger partial charge in [-0.1, -0.05) is 35.5 Å². The molecule has 1 aromatic carbocycles. The number of benzene rings is 1. The van der Waals surface area contributed by atoms with Crippen LogP contribution in [0.5, 0.6) is 0 Å². The number of carbonyl (C=O) groups excluding carboxylic acids is 2. The van der Waals surface area contributed by atoms with Gasteiger partial charge in [-0.05, 0) is 24.8 Å². The number of rotatable bonds is 4. The number of primary amides is 1. The first-order chi connectivity index (χ1) is 14.5. The Morgan fingerprint density at radius 3 is 2.67 bits per heavy atom. The number of aromatic nitrogens is 5. The standard InChI is InChI=1S/C11H15N3O.C10H10N4O/c1-13-10-7-9(8-4-5-8)12-14(10)6-2-3-11(13)15;11-10(15)9-7-14(13-12-9)6-8-4-2-1-3-5-8/h7-8H,2-6H2,1H3;1-5,7H,6H2,(H2,11,15). The summed E-state index contributed by atoms with van der Waals surface area (Å²) in [6.07, 6.45) is 5.60. The Bertz CT molecular complexity index is 1040. The van der Waals surface area contributed by atoms with E-state index in [1.807, 2.05) is 42.1 Å². The SMILES string of the molecule is CN1C(=O)CCCn2nc(C3CC3)cc21.NC(=O)c1cn(Cc2ccccc2)nn1. The van der Waals surface area contributed by atoms with Crippen molar-refractivity contribution < 1.29 is 9.59 Å². The van der Waals surface area contributed by atoms with Gasteiger partial charge in [0.15, 0.2) is 5.69 Å². The van der Waals surface area contributed by atoms with Crippen molar-refractivity contribution in [2.45, 2.75) is 44.7 Å². The molecule has 30 heavy (non-hydrogen) atoms. The van der Waals surface area contributed by atoms with E-state index in [1.54, 1.807) is 9.58 Å². The lowest BCUT2D eigenvalue weighted by Gasteiger charge is -2.13. The molecule has 1 aliphatic carbocycles. The zero-order valence-corrected chi connectivity index (χ0v) is 16.9. The molecule has 0 bridgehead atoms. The van der Waals surface area contributed by atoms with Gasteiger partial charge in [-0.15, -0.1) is 5.10 Å². The zero-order chi connectivity index (χ0) is 21.1. The van der Waals surface area contributed by atoms with E-state index in [9.17, 15) is 9.59 Å². The highest BCUT2D eigenvalue weighted by Gasteiger charge is 2.29. The highest BCUT2D eigenvalue weighted by molar-refractivity contribution is 5.92. The second-order valence-corrected chi connectivity index (χ2v) is 7.63. The molecule has 1 aliphatic heterocycles. The van der Waals surface area contributed by atoms with Crippen LogP contribution in [0.4, 0.5) is 5.82 Å². The van der Waals surface area contributed by atoms with Crippen LogP contribution < -0.4 is 10.6 Å². The van der Waals surface area contributed by atoms with Crippen LogP contribution in [0.1, 0.15) is 53.3 Å². The lowest BCUT2D eigenvalue weighted by Crippen LogP contribution is -2.25. The van der Waals surface area contributed by atoms with Gasteiger partial charge in [0.1, 0.15) is 5.82 Å². The highest BCUT2D eigenvalue weighted by Crippen LogP contribution is 2.40. The van der Waals surface area contributed by atoms with E-state index < -0.39 is 5.91 Å². The first-order valence-corrected chi connectivity index (χ1v) is 10.1. The number of carbonyl (C=O) groups is 2. The molecule has 3 aromatic rings. The minimum absolute atomic E-state index is 0.186. The molecule has 2 aromatic heterocycles. The molecule has 9 nitrogen and oxygen atoms in total. The molecule has 2 N–H and O–H groups in total. The lowest BCUT2D eigenvalue weighted by molar-refractivity contribution is -0.118. The maximum Gasteiger partial charge on any atom is 0.270 e. The van der Waals surface area contributed by atoms with E-state index in [2.05, 4.69) is 21.5 Å². The summed E-state index contributed by atoms with van der Waals surface area (Å²) in [4.78, 5) is 24.2. The number of fused-ring (bicyclic) bond motifs is 1. The molecular formula is C21H25N7O2. The minimum atomic E-state index is -0.561. The van der Waals surface area contributed by atoms with E-state index in [0.717, 1.165) is 24.3 Å². The monoisotopic (exact) mass is 407 g/mol. The van der Waals surface area contributed by atoms with Crippen molar-refractivity contribution in [1.82, 2.24) is 24.8 Å². The second-order valence-electron chi connectivity index (χ2n) is 7.63. The molecule has 0 atom stereocenters. The molecule has 9 heteroatoms. The second kappa shape index (κ2) is 8.48. The number of nitrogens with zero attached hydrogens (tertiary/aromatic N) is 6. The van der Waals surface area contributed by atoms with Gasteiger partial charge in [0.25, 0.3) is 5.91 Å². The van der Waals surface area contributed by atoms with Gasteiger partial charge >= 0.3 is 0 Å². The Balaban J connectivity index is 0.000000145. The first-order valence-electron chi connectivity index (χ1n) is 10.1. The Kier molecular flexibility index (Phi) is 5.60. The van der Waals surface area contributed by atoms with Crippen molar-refractivity contribution in [2.75, 3.05) is 11.9 Å². The molecule has 3 heterocycles. The van der Waals surface area contributed by atoms with Crippen molar-refractivity contribution in [3.63, 3.8) is 0 Å². The van der Waals surface area contributed by atoms with Crippen LogP contribution in [0, 0.1) is 0 Å². The number of hydrogen-bond donors (Lipinski definition) is 1. The Labute approximate surface area is 174 Å². The van der Waals surface area contributed by atoms with E-state index in [4.69, 9.17) is 5.73 Å². The van der Waals surface area contributed by atoms with Crippen LogP contribution in [0.3, 0.4) is 0 Å². The van der Waals surface area contributed by atoms with Crippen LogP contribution in [0.2, 0.25) is 0 Å². The molecule has 0 saturated heterocycles. The summed E-state index contributed by atoms with van der Waals surface area (Å²) in [5, 5.41) is 12.0. The number of anilines is 1. The Morgan fingerprint density at radius 2 is 2.00 bits per heavy atom. The fourth-order valence-electron chi connectivity index (χ4n) is 3.37. The van der Waals surface area contributed by atoms with Gasteiger partial charge in [-0.25, -0.2) is 9.36 Å². The van der Waals surface area contributed by atoms with Crippen molar-refractivity contribution in [3.8, 4) is 0 Å². The maximum absolute atomic E-state index is 11.7. The molecule has 1 saturated carbocycles. The van der Waals surface area contributed by atoms with Crippen molar-refractivity contribution in [3.05, 3.63) is 59.5 Å². The average Bonchev–Trinajstić information content (AvgIpc) is 3.37. The van der Waals surface area contributed by atoms with E-state index >= 15 is 0 Å². The van der Waals surface area contributed by atoms with Crippen LogP contribution >= 0.6 is 0 Å². The predicted molar refractivity (Wildman–Crippen MR) is 111 cm³/mol. The molecular weight excluding hydrogens is 382 g/mol. The number of aryl methyl sites for hydroxylation is 1. The molecule has 2 amide bonds. The van der Waals surface area contributed by atoms with Gasteiger partial charge < -0.3 is 10.6 Å². The van der Waals surface area contributed by atoms with Crippen molar-refractivity contribution >= 4 is 17.6 Å². The lowest BCUT2D eigenvalue weighted by atomic mass is 10.2. The molecule has 0 unspecified atom stereocenters. The number of hydrogen-bond acceptors (Lipinski definition) is 5. The molecule has 5 rings (SSSR count). The minimum Gasteiger partial charge on any atom is -0.364 e. The van der Waals surface area contributed by atoms with Crippen LogP contribution in [-0.2, 0) is 17.9 Å². The normalized spacial score (nSPS) is 15.8. The van der Waals surface area contributed by atoms with Crippen molar-refractivity contribution in [1.29, 1.82) is 0 Å². The van der Waals surface area contributed by atoms with Crippen molar-refractivity contribution in [2.24, 2.45) is 5.73 Å². The van der Waals surface area contributed by atoms with Gasteiger partial charge in [0, 0.05) is 32.0 Å². The molecule has 1 fully saturated rings. The zero-order valence-electron chi connectivity index (χ0n) is 16.9. The summed E-state index contributed by atoms with van der Waals surface area (Å²) < 4.78 is 3.56. The fourth-order valence-corrected chi connectivity index (χ4v) is 3.37. The Hall–Kier alpha value is -3.49. The van der Waals surface area contributed by atoms with Crippen LogP contribution in [0.15, 0.2) is 42.6 Å². The third-order valence-corrected chi connectivity index (χ3v) is 5.23. The average molecular weight is 407 g/mol. The highest BCUT2D eigenvalue weighted by atomic mass is 16.2. The maximum atomic E-state index is 11.7. The number of amides is 2. The fraction of sp³-hybridized carbons (Fsp3) is 0.381. The summed E-state index contributed by atoms with van der Waals surface area (Å²) in [6, 6.07) is 11.9. The molecule has 0 spiro atoms. The van der Waals surface area contributed by atoms with E-state index in [0.29, 0.717) is 18.9 Å². The van der Waals surface area contributed by atoms with Gasteiger partial charge in [-0.2, -0.15) is 5.10 Å². The quantitative estimate of drug-likeness (QED) is 0.710. The Morgan fingerprint density at radius 1 is 1.23 bits per heavy atom. The smallest absolute Gasteiger partial charge is 0.270 e. The van der Waals surface area contributed by atoms with Gasteiger partial charge in [-0.3, -0.25) is 9.59 Å². The largest absolute Gasteiger partial charge is 0.364 e. The predicted octanol–water partition coefficient (Wildman–Crippen LogP) is 1.94. The summed E-state index contributed by atoms with van der Waals surface area (Å²) in [7, 11) is 1.85. The molecule has 156 valence electrons. The van der Waals surface area contributed by atoms with Crippen LogP contribution in [0.25, 0.3) is 0 Å². The third-order valence-electron chi connectivity index (χ3n) is 5.23. The number of nitrogens with two attached hydrogens (primary N) is 1.